The summed E-state index contributed by atoms with van der Waals surface area (Å²) in [6, 6.07) is 1.41. The summed E-state index contributed by atoms with van der Waals surface area (Å²) in [7, 11) is 1.86. The number of nitrogens with one attached hydrogen (secondary N) is 1. The maximum Gasteiger partial charge on any atom is 0.0586 e. The highest BCUT2D eigenvalue weighted by molar-refractivity contribution is 4.99. The Morgan fingerprint density at radius 2 is 2.11 bits per heavy atom. The fourth-order valence-corrected chi connectivity index (χ4v) is 3.73. The van der Waals surface area contributed by atoms with Gasteiger partial charge < -0.3 is 10.1 Å². The Morgan fingerprint density at radius 1 is 1.37 bits per heavy atom. The molecule has 0 aromatic rings. The highest BCUT2D eigenvalue weighted by Crippen LogP contribution is 2.32. The summed E-state index contributed by atoms with van der Waals surface area (Å²) in [5, 5.41) is 3.78. The second kappa shape index (κ2) is 6.11. The Labute approximate surface area is 119 Å². The molecule has 112 valence electrons. The number of piperazine rings is 1. The van der Waals surface area contributed by atoms with E-state index in [0.717, 1.165) is 18.5 Å². The lowest BCUT2D eigenvalue weighted by Crippen LogP contribution is -2.65. The minimum atomic E-state index is 0.288. The molecular weight excluding hydrogens is 236 g/mol. The van der Waals surface area contributed by atoms with Crippen LogP contribution in [-0.4, -0.2) is 48.8 Å². The Morgan fingerprint density at radius 3 is 2.63 bits per heavy atom. The van der Waals surface area contributed by atoms with E-state index >= 15 is 0 Å². The van der Waals surface area contributed by atoms with Gasteiger partial charge in [-0.2, -0.15) is 0 Å². The van der Waals surface area contributed by atoms with Gasteiger partial charge in [-0.05, 0) is 38.5 Å². The number of rotatable bonds is 4. The predicted octanol–water partition coefficient (Wildman–Crippen LogP) is 2.65. The number of ether oxygens (including phenoxy) is 1. The van der Waals surface area contributed by atoms with Crippen LogP contribution in [0.5, 0.6) is 0 Å². The van der Waals surface area contributed by atoms with Crippen LogP contribution in [0.25, 0.3) is 0 Å². The van der Waals surface area contributed by atoms with Crippen molar-refractivity contribution in [3.8, 4) is 0 Å². The molecule has 19 heavy (non-hydrogen) atoms. The van der Waals surface area contributed by atoms with Crippen LogP contribution in [0.1, 0.15) is 53.4 Å². The van der Waals surface area contributed by atoms with Crippen LogP contribution in [0.15, 0.2) is 0 Å². The highest BCUT2D eigenvalue weighted by atomic mass is 16.5. The molecule has 0 aromatic carbocycles. The molecule has 2 rings (SSSR count). The Bertz CT molecular complexity index is 294. The van der Waals surface area contributed by atoms with Crippen LogP contribution in [-0.2, 0) is 4.74 Å². The summed E-state index contributed by atoms with van der Waals surface area (Å²) in [6.07, 6.45) is 5.45. The van der Waals surface area contributed by atoms with Gasteiger partial charge in [0.05, 0.1) is 6.10 Å². The van der Waals surface area contributed by atoms with Crippen LogP contribution in [0, 0.1) is 5.92 Å². The molecule has 1 saturated carbocycles. The topological polar surface area (TPSA) is 24.5 Å². The van der Waals surface area contributed by atoms with Gasteiger partial charge in [0.15, 0.2) is 0 Å². The van der Waals surface area contributed by atoms with E-state index in [1.54, 1.807) is 0 Å². The van der Waals surface area contributed by atoms with Crippen molar-refractivity contribution in [1.82, 2.24) is 10.2 Å². The maximum atomic E-state index is 5.56. The van der Waals surface area contributed by atoms with Gasteiger partial charge in [-0.3, -0.25) is 4.90 Å². The molecule has 0 amide bonds. The lowest BCUT2D eigenvalue weighted by molar-refractivity contribution is 0.0186. The van der Waals surface area contributed by atoms with Crippen molar-refractivity contribution in [2.24, 2.45) is 5.92 Å². The monoisotopic (exact) mass is 268 g/mol. The molecule has 0 aromatic heterocycles. The predicted molar refractivity (Wildman–Crippen MR) is 80.5 cm³/mol. The maximum absolute atomic E-state index is 5.56. The summed E-state index contributed by atoms with van der Waals surface area (Å²) in [5.41, 5.74) is 0.288. The van der Waals surface area contributed by atoms with E-state index in [0.29, 0.717) is 12.1 Å². The molecule has 4 unspecified atom stereocenters. The van der Waals surface area contributed by atoms with Gasteiger partial charge in [0, 0.05) is 37.8 Å². The van der Waals surface area contributed by atoms with Crippen LogP contribution >= 0.6 is 0 Å². The Hall–Kier alpha value is -0.120. The van der Waals surface area contributed by atoms with Crippen LogP contribution in [0.2, 0.25) is 0 Å². The van der Waals surface area contributed by atoms with Crippen molar-refractivity contribution in [2.75, 3.05) is 20.2 Å². The molecule has 4 atom stereocenters. The van der Waals surface area contributed by atoms with Crippen molar-refractivity contribution >= 4 is 0 Å². The van der Waals surface area contributed by atoms with Crippen LogP contribution < -0.4 is 5.32 Å². The zero-order valence-corrected chi connectivity index (χ0v) is 13.4. The summed E-state index contributed by atoms with van der Waals surface area (Å²) < 4.78 is 5.56. The molecule has 1 saturated heterocycles. The molecule has 0 spiro atoms. The third kappa shape index (κ3) is 3.32. The molecule has 3 nitrogen and oxygen atoms in total. The molecule has 1 heterocycles. The van der Waals surface area contributed by atoms with Gasteiger partial charge in [-0.25, -0.2) is 0 Å². The molecule has 1 aliphatic heterocycles. The first kappa shape index (κ1) is 15.3. The van der Waals surface area contributed by atoms with Crippen molar-refractivity contribution in [2.45, 2.75) is 77.1 Å². The highest BCUT2D eigenvalue weighted by Gasteiger charge is 2.41. The summed E-state index contributed by atoms with van der Waals surface area (Å²) in [4.78, 5) is 2.80. The van der Waals surface area contributed by atoms with E-state index in [2.05, 4.69) is 37.9 Å². The van der Waals surface area contributed by atoms with E-state index in [4.69, 9.17) is 4.74 Å². The molecule has 0 bridgehead atoms. The molecule has 3 heteroatoms. The fraction of sp³-hybridized carbons (Fsp3) is 1.00. The zero-order valence-electron chi connectivity index (χ0n) is 13.4. The molecule has 2 aliphatic rings. The van der Waals surface area contributed by atoms with Gasteiger partial charge in [0.25, 0.3) is 0 Å². The summed E-state index contributed by atoms with van der Waals surface area (Å²) in [6.45, 7) is 11.7. The molecule has 1 N–H and O–H groups in total. The summed E-state index contributed by atoms with van der Waals surface area (Å²) in [5.74, 6) is 0.718. The number of hydrogen-bond donors (Lipinski definition) is 1. The normalized spacial score (nSPS) is 41.1. The molecule has 2 fully saturated rings. The van der Waals surface area contributed by atoms with E-state index < -0.39 is 0 Å². The average Bonchev–Trinajstić information content (AvgIpc) is 2.87. The quantitative estimate of drug-likeness (QED) is 0.848. The largest absolute Gasteiger partial charge is 0.381 e. The van der Waals surface area contributed by atoms with Gasteiger partial charge in [-0.1, -0.05) is 20.8 Å². The minimum Gasteiger partial charge on any atom is -0.381 e. The smallest absolute Gasteiger partial charge is 0.0586 e. The Kier molecular flexibility index (Phi) is 4.91. The van der Waals surface area contributed by atoms with E-state index in [1.165, 1.54) is 32.2 Å². The van der Waals surface area contributed by atoms with E-state index in [-0.39, 0.29) is 5.54 Å². The third-order valence-electron chi connectivity index (χ3n) is 5.40. The van der Waals surface area contributed by atoms with Gasteiger partial charge in [-0.15, -0.1) is 0 Å². The SMILES string of the molecule is CCC1(C)CN(C2CCC(OC)C2)C(C(C)C)CN1. The lowest BCUT2D eigenvalue weighted by Gasteiger charge is -2.50. The standard InChI is InChI=1S/C16H32N2O/c1-6-16(4)11-18(15(10-17-16)12(2)3)13-7-8-14(9-13)19-5/h12-15,17H,6-11H2,1-5H3. The first-order valence-electron chi connectivity index (χ1n) is 8.02. The first-order chi connectivity index (χ1) is 8.99. The van der Waals surface area contributed by atoms with Crippen molar-refractivity contribution in [3.63, 3.8) is 0 Å². The second-order valence-electron chi connectivity index (χ2n) is 7.10. The van der Waals surface area contributed by atoms with Crippen molar-refractivity contribution in [1.29, 1.82) is 0 Å². The minimum absolute atomic E-state index is 0.288. The van der Waals surface area contributed by atoms with Crippen LogP contribution in [0.3, 0.4) is 0 Å². The van der Waals surface area contributed by atoms with Crippen LogP contribution in [0.4, 0.5) is 0 Å². The average molecular weight is 268 g/mol. The number of hydrogen-bond acceptors (Lipinski definition) is 3. The lowest BCUT2D eigenvalue weighted by atomic mass is 9.88. The van der Waals surface area contributed by atoms with Gasteiger partial charge in [0.2, 0.25) is 0 Å². The zero-order chi connectivity index (χ0) is 14.0. The van der Waals surface area contributed by atoms with E-state index in [9.17, 15) is 0 Å². The first-order valence-corrected chi connectivity index (χ1v) is 8.02. The Balaban J connectivity index is 2.08. The van der Waals surface area contributed by atoms with Crippen molar-refractivity contribution in [3.05, 3.63) is 0 Å². The summed E-state index contributed by atoms with van der Waals surface area (Å²) >= 11 is 0. The number of methoxy groups -OCH3 is 1. The van der Waals surface area contributed by atoms with Gasteiger partial charge >= 0.3 is 0 Å². The second-order valence-corrected chi connectivity index (χ2v) is 7.10. The molecule has 1 aliphatic carbocycles. The van der Waals surface area contributed by atoms with Gasteiger partial charge in [0.1, 0.15) is 0 Å². The fourth-order valence-electron chi connectivity index (χ4n) is 3.73. The van der Waals surface area contributed by atoms with E-state index in [1.807, 2.05) is 7.11 Å². The van der Waals surface area contributed by atoms with Crippen molar-refractivity contribution < 1.29 is 4.74 Å². The number of nitrogens with zero attached hydrogens (tertiary/aromatic N) is 1. The molecule has 0 radical (unpaired) electrons. The molecular formula is C16H32N2O. The third-order valence-corrected chi connectivity index (χ3v) is 5.40.